The molecule has 0 aliphatic carbocycles. The molecule has 7 heteroatoms. The highest BCUT2D eigenvalue weighted by Crippen LogP contribution is 2.01. The van der Waals surface area contributed by atoms with E-state index >= 15 is 0 Å². The fourth-order valence-electron chi connectivity index (χ4n) is 1.68. The van der Waals surface area contributed by atoms with E-state index in [0.29, 0.717) is 19.0 Å². The average molecular weight is 306 g/mol. The van der Waals surface area contributed by atoms with Crippen molar-refractivity contribution in [3.8, 4) is 0 Å². The van der Waals surface area contributed by atoms with Crippen LogP contribution in [-0.4, -0.2) is 56.2 Å². The minimum absolute atomic E-state index is 0.0371. The van der Waals surface area contributed by atoms with Crippen LogP contribution >= 0.6 is 0 Å². The Bertz CT molecular complexity index is 395. The molecule has 0 amide bonds. The largest absolute Gasteiger partial charge is 0.357 e. The van der Waals surface area contributed by atoms with Gasteiger partial charge in [-0.2, -0.15) is 0 Å². The monoisotopic (exact) mass is 306 g/mol. The van der Waals surface area contributed by atoms with Crippen LogP contribution < -0.4 is 10.6 Å². The van der Waals surface area contributed by atoms with Crippen molar-refractivity contribution < 1.29 is 8.42 Å². The fraction of sp³-hybridized carbons (Fsp3) is 0.923. The molecule has 120 valence electrons. The molecule has 0 aliphatic heterocycles. The van der Waals surface area contributed by atoms with E-state index in [1.54, 1.807) is 0 Å². The molecular weight excluding hydrogens is 276 g/mol. The lowest BCUT2D eigenvalue weighted by atomic mass is 10.1. The van der Waals surface area contributed by atoms with Gasteiger partial charge in [0, 0.05) is 25.2 Å². The van der Waals surface area contributed by atoms with Crippen LogP contribution in [0.4, 0.5) is 0 Å². The third-order valence-electron chi connectivity index (χ3n) is 2.56. The minimum Gasteiger partial charge on any atom is -0.357 e. The highest BCUT2D eigenvalue weighted by atomic mass is 32.2. The second-order valence-corrected chi connectivity index (χ2v) is 7.62. The summed E-state index contributed by atoms with van der Waals surface area (Å²) in [5.74, 6) is 0.685. The van der Waals surface area contributed by atoms with Gasteiger partial charge in [0.15, 0.2) is 5.96 Å². The van der Waals surface area contributed by atoms with E-state index in [1.165, 1.54) is 4.31 Å². The molecule has 0 saturated heterocycles. The van der Waals surface area contributed by atoms with Crippen LogP contribution in [0.2, 0.25) is 0 Å². The van der Waals surface area contributed by atoms with Gasteiger partial charge < -0.3 is 10.6 Å². The van der Waals surface area contributed by atoms with Crippen molar-refractivity contribution in [2.24, 2.45) is 4.99 Å². The number of hydrogen-bond acceptors (Lipinski definition) is 3. The zero-order valence-corrected chi connectivity index (χ0v) is 14.5. The molecule has 6 nitrogen and oxygen atoms in total. The van der Waals surface area contributed by atoms with E-state index < -0.39 is 10.0 Å². The van der Waals surface area contributed by atoms with Gasteiger partial charge in [0.25, 0.3) is 0 Å². The summed E-state index contributed by atoms with van der Waals surface area (Å²) in [5, 5.41) is 6.34. The molecule has 0 aliphatic rings. The molecule has 0 unspecified atom stereocenters. The summed E-state index contributed by atoms with van der Waals surface area (Å²) >= 11 is 0. The van der Waals surface area contributed by atoms with Crippen molar-refractivity contribution in [2.45, 2.75) is 47.1 Å². The number of hydrogen-bond donors (Lipinski definition) is 2. The van der Waals surface area contributed by atoms with Crippen LogP contribution in [0.15, 0.2) is 4.99 Å². The first-order valence-corrected chi connectivity index (χ1v) is 8.81. The second kappa shape index (κ2) is 8.46. The van der Waals surface area contributed by atoms with E-state index in [0.717, 1.165) is 6.54 Å². The van der Waals surface area contributed by atoms with Gasteiger partial charge >= 0.3 is 0 Å². The number of rotatable bonds is 7. The Morgan fingerprint density at radius 2 is 1.70 bits per heavy atom. The van der Waals surface area contributed by atoms with Crippen LogP contribution in [0.1, 0.15) is 41.5 Å². The maximum atomic E-state index is 12.0. The highest BCUT2D eigenvalue weighted by Gasteiger charge is 2.18. The molecule has 0 heterocycles. The first-order chi connectivity index (χ1) is 9.16. The van der Waals surface area contributed by atoms with Gasteiger partial charge in [-0.1, -0.05) is 13.8 Å². The quantitative estimate of drug-likeness (QED) is 0.544. The first-order valence-electron chi connectivity index (χ1n) is 7.20. The van der Waals surface area contributed by atoms with Crippen LogP contribution in [0.25, 0.3) is 0 Å². The fourth-order valence-corrected chi connectivity index (χ4v) is 3.05. The Labute approximate surface area is 124 Å². The molecule has 0 bridgehead atoms. The Morgan fingerprint density at radius 3 is 2.10 bits per heavy atom. The molecule has 0 saturated carbocycles. The molecule has 20 heavy (non-hydrogen) atoms. The second-order valence-electron chi connectivity index (χ2n) is 5.54. The minimum atomic E-state index is -3.21. The van der Waals surface area contributed by atoms with Crippen molar-refractivity contribution in [1.82, 2.24) is 14.9 Å². The van der Waals surface area contributed by atoms with Gasteiger partial charge in [0.2, 0.25) is 10.0 Å². The number of aliphatic imine (C=N–C) groups is 1. The summed E-state index contributed by atoms with van der Waals surface area (Å²) in [7, 11) is -3.21. The zero-order valence-electron chi connectivity index (χ0n) is 13.7. The van der Waals surface area contributed by atoms with Crippen LogP contribution in [0.5, 0.6) is 0 Å². The van der Waals surface area contributed by atoms with E-state index in [-0.39, 0.29) is 17.8 Å². The summed E-state index contributed by atoms with van der Waals surface area (Å²) < 4.78 is 25.5. The highest BCUT2D eigenvalue weighted by molar-refractivity contribution is 7.89. The van der Waals surface area contributed by atoms with Crippen molar-refractivity contribution in [1.29, 1.82) is 0 Å². The molecule has 0 rings (SSSR count). The molecule has 0 aromatic heterocycles. The Kier molecular flexibility index (Phi) is 8.12. The van der Waals surface area contributed by atoms with E-state index in [2.05, 4.69) is 15.6 Å². The molecule has 0 radical (unpaired) electrons. The number of guanidine groups is 1. The van der Waals surface area contributed by atoms with Crippen molar-refractivity contribution in [3.05, 3.63) is 0 Å². The van der Waals surface area contributed by atoms with Gasteiger partial charge in [-0.25, -0.2) is 12.7 Å². The Balaban J connectivity index is 4.65. The van der Waals surface area contributed by atoms with E-state index in [4.69, 9.17) is 0 Å². The van der Waals surface area contributed by atoms with E-state index in [9.17, 15) is 8.42 Å². The maximum Gasteiger partial charge on any atom is 0.215 e. The summed E-state index contributed by atoms with van der Waals surface area (Å²) in [5.41, 5.74) is -0.112. The summed E-state index contributed by atoms with van der Waals surface area (Å²) in [4.78, 5) is 4.32. The Morgan fingerprint density at radius 1 is 1.15 bits per heavy atom. The van der Waals surface area contributed by atoms with E-state index in [1.807, 2.05) is 41.5 Å². The SMILES string of the molecule is CCNC(=NCCS(=O)(=O)N(CC)CC)NC(C)(C)C. The molecule has 0 aromatic carbocycles. The normalized spacial score (nSPS) is 13.7. The van der Waals surface area contributed by atoms with Gasteiger partial charge in [0.05, 0.1) is 12.3 Å². The molecule has 0 fully saturated rings. The standard InChI is InChI=1S/C13H30N4O2S/c1-7-14-12(16-13(4,5)6)15-10-11-20(18,19)17(8-2)9-3/h7-11H2,1-6H3,(H2,14,15,16). The number of sulfonamides is 1. The van der Waals surface area contributed by atoms with Gasteiger partial charge in [-0.3, -0.25) is 4.99 Å². The number of nitrogens with zero attached hydrogens (tertiary/aromatic N) is 2. The van der Waals surface area contributed by atoms with Crippen LogP contribution in [0, 0.1) is 0 Å². The van der Waals surface area contributed by atoms with Gasteiger partial charge in [-0.15, -0.1) is 0 Å². The first kappa shape index (κ1) is 19.2. The van der Waals surface area contributed by atoms with Crippen LogP contribution in [-0.2, 0) is 10.0 Å². The van der Waals surface area contributed by atoms with Gasteiger partial charge in [-0.05, 0) is 27.7 Å². The molecule has 0 atom stereocenters. The third-order valence-corrected chi connectivity index (χ3v) is 4.56. The molecular formula is C13H30N4O2S. The lowest BCUT2D eigenvalue weighted by Crippen LogP contribution is -2.47. The maximum absolute atomic E-state index is 12.0. The Hall–Kier alpha value is -0.820. The van der Waals surface area contributed by atoms with Crippen molar-refractivity contribution >= 4 is 16.0 Å². The molecule has 0 spiro atoms. The van der Waals surface area contributed by atoms with Crippen molar-refractivity contribution in [3.63, 3.8) is 0 Å². The summed E-state index contributed by atoms with van der Waals surface area (Å²) in [6.07, 6.45) is 0. The predicted molar refractivity (Wildman–Crippen MR) is 85.6 cm³/mol. The topological polar surface area (TPSA) is 73.8 Å². The molecule has 0 aromatic rings. The lowest BCUT2D eigenvalue weighted by Gasteiger charge is -2.24. The van der Waals surface area contributed by atoms with Crippen LogP contribution in [0.3, 0.4) is 0 Å². The lowest BCUT2D eigenvalue weighted by molar-refractivity contribution is 0.445. The summed E-state index contributed by atoms with van der Waals surface area (Å²) in [6, 6.07) is 0. The smallest absolute Gasteiger partial charge is 0.215 e. The predicted octanol–water partition coefficient (Wildman–Crippen LogP) is 1.01. The van der Waals surface area contributed by atoms with Crippen molar-refractivity contribution in [2.75, 3.05) is 31.9 Å². The average Bonchev–Trinajstić information content (AvgIpc) is 2.27. The third kappa shape index (κ3) is 7.69. The summed E-state index contributed by atoms with van der Waals surface area (Å²) in [6.45, 7) is 13.8. The van der Waals surface area contributed by atoms with Gasteiger partial charge in [0.1, 0.15) is 0 Å². The number of nitrogens with one attached hydrogen (secondary N) is 2. The molecule has 2 N–H and O–H groups in total. The zero-order chi connectivity index (χ0) is 15.8.